The number of likely N-dealkylation sites (tertiary alicyclic amines) is 1. The Morgan fingerprint density at radius 3 is 2.65 bits per heavy atom. The molecule has 1 aromatic rings. The molecule has 0 amide bonds. The van der Waals surface area contributed by atoms with Crippen LogP contribution in [0.5, 0.6) is 0 Å². The lowest BCUT2D eigenvalue weighted by atomic mass is 9.71. The summed E-state index contributed by atoms with van der Waals surface area (Å²) in [5, 5.41) is 12.4. The van der Waals surface area contributed by atoms with E-state index in [9.17, 15) is 5.11 Å². The van der Waals surface area contributed by atoms with Crippen LogP contribution in [0.1, 0.15) is 89.7 Å². The van der Waals surface area contributed by atoms with Gasteiger partial charge in [-0.1, -0.05) is 18.2 Å². The van der Waals surface area contributed by atoms with Gasteiger partial charge in [0.15, 0.2) is 0 Å². The summed E-state index contributed by atoms with van der Waals surface area (Å²) in [5.74, 6) is -0.0998. The van der Waals surface area contributed by atoms with Crippen LogP contribution >= 0.6 is 0 Å². The molecule has 1 fully saturated rings. The van der Waals surface area contributed by atoms with Crippen molar-refractivity contribution >= 4 is 5.57 Å². The Hall–Kier alpha value is -1.23. The predicted molar refractivity (Wildman–Crippen MR) is 127 cm³/mol. The van der Waals surface area contributed by atoms with Crippen molar-refractivity contribution in [2.45, 2.75) is 89.7 Å². The van der Waals surface area contributed by atoms with E-state index >= 15 is 4.39 Å². The number of hydrogen-bond donors (Lipinski definition) is 1. The normalized spacial score (nSPS) is 22.8. The highest BCUT2D eigenvalue weighted by Gasteiger charge is 2.43. The molecule has 4 heteroatoms. The molecule has 0 saturated carbocycles. The zero-order chi connectivity index (χ0) is 22.5. The van der Waals surface area contributed by atoms with Gasteiger partial charge in [-0.05, 0) is 102 Å². The first-order valence-corrected chi connectivity index (χ1v) is 12.2. The summed E-state index contributed by atoms with van der Waals surface area (Å²) in [6.07, 6.45) is 10.8. The molecule has 174 valence electrons. The maximum Gasteiger partial charge on any atom is 0.131 e. The number of unbranched alkanes of at least 4 members (excludes halogenated alkanes) is 1. The topological polar surface area (TPSA) is 32.7 Å². The van der Waals surface area contributed by atoms with Gasteiger partial charge in [0.1, 0.15) is 5.82 Å². The Balaban J connectivity index is 2.01. The van der Waals surface area contributed by atoms with Crippen LogP contribution in [0.25, 0.3) is 5.57 Å². The van der Waals surface area contributed by atoms with Gasteiger partial charge in [0.2, 0.25) is 0 Å². The van der Waals surface area contributed by atoms with Crippen molar-refractivity contribution in [2.24, 2.45) is 5.92 Å². The lowest BCUT2D eigenvalue weighted by Gasteiger charge is -2.47. The van der Waals surface area contributed by atoms with Gasteiger partial charge in [-0.2, -0.15) is 0 Å². The maximum atomic E-state index is 15.3. The van der Waals surface area contributed by atoms with Crippen LogP contribution in [-0.4, -0.2) is 42.4 Å². The van der Waals surface area contributed by atoms with Gasteiger partial charge in [0, 0.05) is 37.3 Å². The summed E-state index contributed by atoms with van der Waals surface area (Å²) in [6.45, 7) is 9.32. The lowest BCUT2D eigenvalue weighted by molar-refractivity contribution is -0.0744. The fourth-order valence-electron chi connectivity index (χ4n) is 5.45. The Morgan fingerprint density at radius 1 is 1.16 bits per heavy atom. The second kappa shape index (κ2) is 10.6. The molecule has 0 bridgehead atoms. The van der Waals surface area contributed by atoms with Gasteiger partial charge in [-0.3, -0.25) is 4.90 Å². The van der Waals surface area contributed by atoms with Gasteiger partial charge in [-0.15, -0.1) is 0 Å². The predicted octanol–water partition coefficient (Wildman–Crippen LogP) is 6.30. The second-order valence-electron chi connectivity index (χ2n) is 10.5. The number of rotatable bonds is 8. The van der Waals surface area contributed by atoms with Crippen LogP contribution < -0.4 is 0 Å². The molecule has 31 heavy (non-hydrogen) atoms. The molecule has 1 aliphatic heterocycles. The molecule has 1 aliphatic carbocycles. The number of hydrogen-bond acceptors (Lipinski definition) is 3. The number of benzene rings is 1. The van der Waals surface area contributed by atoms with Gasteiger partial charge >= 0.3 is 0 Å². The maximum absolute atomic E-state index is 15.3. The van der Waals surface area contributed by atoms with E-state index in [0.717, 1.165) is 75.6 Å². The highest BCUT2D eigenvalue weighted by Crippen LogP contribution is 2.45. The Labute approximate surface area is 188 Å². The molecule has 3 nitrogen and oxygen atoms in total. The summed E-state index contributed by atoms with van der Waals surface area (Å²) in [6, 6.07) is 5.32. The first kappa shape index (κ1) is 24.4. The van der Waals surface area contributed by atoms with Crippen molar-refractivity contribution in [3.05, 3.63) is 41.2 Å². The first-order chi connectivity index (χ1) is 14.8. The zero-order valence-electron chi connectivity index (χ0n) is 20.1. The minimum Gasteiger partial charge on any atom is -0.385 e. The van der Waals surface area contributed by atoms with E-state index < -0.39 is 5.60 Å². The van der Waals surface area contributed by atoms with Crippen molar-refractivity contribution in [3.8, 4) is 0 Å². The Bertz CT molecular complexity index is 754. The molecule has 3 rings (SSSR count). The molecular formula is C27H42FNO2. The largest absolute Gasteiger partial charge is 0.385 e. The molecule has 1 heterocycles. The van der Waals surface area contributed by atoms with Crippen molar-refractivity contribution < 1.29 is 14.2 Å². The van der Waals surface area contributed by atoms with Crippen molar-refractivity contribution in [1.29, 1.82) is 0 Å². The second-order valence-corrected chi connectivity index (χ2v) is 10.5. The number of methoxy groups -OCH3 is 1. The third kappa shape index (κ3) is 5.77. The van der Waals surface area contributed by atoms with Crippen LogP contribution in [0, 0.1) is 11.7 Å². The highest BCUT2D eigenvalue weighted by molar-refractivity contribution is 5.70. The highest BCUT2D eigenvalue weighted by atomic mass is 19.1. The molecule has 1 saturated heterocycles. The summed E-state index contributed by atoms with van der Waals surface area (Å²) < 4.78 is 20.5. The van der Waals surface area contributed by atoms with Crippen molar-refractivity contribution in [2.75, 3.05) is 26.8 Å². The minimum absolute atomic E-state index is 0.0618. The third-order valence-corrected chi connectivity index (χ3v) is 7.29. The number of aliphatic hydroxyl groups is 1. The van der Waals surface area contributed by atoms with Crippen LogP contribution in [0.2, 0.25) is 0 Å². The third-order valence-electron chi connectivity index (χ3n) is 7.29. The molecule has 0 aromatic heterocycles. The van der Waals surface area contributed by atoms with E-state index in [2.05, 4.69) is 31.7 Å². The molecule has 2 atom stereocenters. The van der Waals surface area contributed by atoms with Gasteiger partial charge in [0.05, 0.1) is 5.60 Å². The first-order valence-electron chi connectivity index (χ1n) is 12.2. The van der Waals surface area contributed by atoms with Crippen molar-refractivity contribution in [1.82, 2.24) is 4.90 Å². The number of piperidine rings is 1. The molecule has 0 unspecified atom stereocenters. The molecular weight excluding hydrogens is 389 g/mol. The van der Waals surface area contributed by atoms with E-state index in [1.807, 2.05) is 6.07 Å². The molecule has 1 aromatic carbocycles. The van der Waals surface area contributed by atoms with Crippen LogP contribution in [0.15, 0.2) is 24.3 Å². The molecule has 2 aliphatic rings. The van der Waals surface area contributed by atoms with Crippen molar-refractivity contribution in [3.63, 3.8) is 0 Å². The van der Waals surface area contributed by atoms with Gasteiger partial charge in [-0.25, -0.2) is 4.39 Å². The van der Waals surface area contributed by atoms with E-state index in [-0.39, 0.29) is 17.3 Å². The average molecular weight is 432 g/mol. The van der Waals surface area contributed by atoms with E-state index in [4.69, 9.17) is 4.74 Å². The average Bonchev–Trinajstić information content (AvgIpc) is 2.76. The van der Waals surface area contributed by atoms with Crippen LogP contribution in [0.3, 0.4) is 0 Å². The molecule has 0 spiro atoms. The summed E-state index contributed by atoms with van der Waals surface area (Å²) >= 11 is 0. The van der Waals surface area contributed by atoms with E-state index in [1.165, 1.54) is 0 Å². The van der Waals surface area contributed by atoms with Crippen LogP contribution in [0.4, 0.5) is 4.39 Å². The SMILES string of the molecule is COCCCC[C@@](O)(c1cccc(F)c1C1=CCCCC1)[C@@H]1CCCN(C(C)(C)C)C1. The Morgan fingerprint density at radius 2 is 1.97 bits per heavy atom. The fourth-order valence-corrected chi connectivity index (χ4v) is 5.45. The smallest absolute Gasteiger partial charge is 0.131 e. The van der Waals surface area contributed by atoms with Gasteiger partial charge < -0.3 is 9.84 Å². The van der Waals surface area contributed by atoms with Crippen LogP contribution in [-0.2, 0) is 10.3 Å². The standard InChI is InChI=1S/C27H42FNO2/c1-26(2,3)29-18-11-14-22(20-29)27(30,17-8-9-19-31-4)23-15-10-16-24(28)25(23)21-12-6-5-7-13-21/h10,12,15-16,22,30H,5-9,11,13-14,17-20H2,1-4H3/t22-,27+/m1/s1. The summed E-state index contributed by atoms with van der Waals surface area (Å²) in [5.41, 5.74) is 1.58. The molecule has 0 radical (unpaired) electrons. The zero-order valence-corrected chi connectivity index (χ0v) is 20.1. The quantitative estimate of drug-likeness (QED) is 0.490. The van der Waals surface area contributed by atoms with E-state index in [1.54, 1.807) is 19.2 Å². The number of nitrogens with zero attached hydrogens (tertiary/aromatic N) is 1. The molecule has 1 N–H and O–H groups in total. The number of halogens is 1. The number of allylic oxidation sites excluding steroid dienone is 2. The van der Waals surface area contributed by atoms with E-state index in [0.29, 0.717) is 18.6 Å². The Kier molecular flexibility index (Phi) is 8.34. The number of ether oxygens (including phenoxy) is 1. The summed E-state index contributed by atoms with van der Waals surface area (Å²) in [7, 11) is 1.72. The fraction of sp³-hybridized carbons (Fsp3) is 0.704. The summed E-state index contributed by atoms with van der Waals surface area (Å²) in [4.78, 5) is 2.49. The monoisotopic (exact) mass is 431 g/mol. The minimum atomic E-state index is -1.03. The van der Waals surface area contributed by atoms with Gasteiger partial charge in [0.25, 0.3) is 0 Å². The lowest BCUT2D eigenvalue weighted by Crippen LogP contribution is -2.52.